The van der Waals surface area contributed by atoms with E-state index in [1.165, 1.54) is 6.20 Å². The summed E-state index contributed by atoms with van der Waals surface area (Å²) in [5, 5.41) is 13.2. The second-order valence-electron chi connectivity index (χ2n) is 6.26. The number of pyridine rings is 1. The molecular formula is C18H22N6O2. The number of Topliss-reactive ketones (excluding diaryl/α,β-unsaturated/α-hetero) is 1. The van der Waals surface area contributed by atoms with Crippen LogP contribution >= 0.6 is 0 Å². The van der Waals surface area contributed by atoms with E-state index in [4.69, 9.17) is 9.37 Å². The first-order valence-electron chi connectivity index (χ1n) is 9.98. The lowest BCUT2D eigenvalue weighted by Crippen LogP contribution is -2.42. The summed E-state index contributed by atoms with van der Waals surface area (Å²) < 4.78 is 21.8. The van der Waals surface area contributed by atoms with Gasteiger partial charge in [0.1, 0.15) is 11.4 Å². The number of aromatic amines is 1. The fourth-order valence-corrected chi connectivity index (χ4v) is 3.25. The average Bonchev–Trinajstić information content (AvgIpc) is 3.14. The molecule has 0 saturated carbocycles. The quantitative estimate of drug-likeness (QED) is 0.727. The summed E-state index contributed by atoms with van der Waals surface area (Å²) >= 11 is 0. The second-order valence-corrected chi connectivity index (χ2v) is 6.26. The van der Waals surface area contributed by atoms with Crippen molar-refractivity contribution in [2.24, 2.45) is 5.92 Å². The fourth-order valence-electron chi connectivity index (χ4n) is 3.25. The van der Waals surface area contributed by atoms with Crippen molar-refractivity contribution in [1.29, 1.82) is 5.26 Å². The number of anilines is 1. The monoisotopic (exact) mass is 357 g/mol. The predicted octanol–water partition coefficient (Wildman–Crippen LogP) is 1.83. The van der Waals surface area contributed by atoms with Crippen LogP contribution in [0.1, 0.15) is 40.2 Å². The molecule has 1 saturated heterocycles. The number of aromatic nitrogens is 2. The fraction of sp³-hybridized carbons (Fsp3) is 0.444. The zero-order valence-electron chi connectivity index (χ0n) is 17.2. The standard InChI is InChI=1S/C18H22N6O2/c1-20-18(26)14-10-22-17-13(6-8-21-17)16(14)23-24-9-3-4-12(11-24)15(25)5-2-7-19/h6,8,10,12H,2-5,9,11H2,1H3,(H,20,26)(H2,21,22,23)/t12-/m0/s1/i1D3. The summed E-state index contributed by atoms with van der Waals surface area (Å²) in [7, 11) is 0. The molecule has 0 bridgehead atoms. The van der Waals surface area contributed by atoms with Crippen LogP contribution in [0.2, 0.25) is 0 Å². The van der Waals surface area contributed by atoms with Gasteiger partial charge >= 0.3 is 0 Å². The van der Waals surface area contributed by atoms with E-state index in [1.807, 2.05) is 16.4 Å². The number of fused-ring (bicyclic) bond motifs is 1. The highest BCUT2D eigenvalue weighted by Gasteiger charge is 2.26. The van der Waals surface area contributed by atoms with Gasteiger partial charge in [-0.15, -0.1) is 0 Å². The third kappa shape index (κ3) is 3.68. The zero-order valence-corrected chi connectivity index (χ0v) is 14.2. The minimum atomic E-state index is -2.62. The number of piperidine rings is 1. The highest BCUT2D eigenvalue weighted by molar-refractivity contribution is 6.06. The van der Waals surface area contributed by atoms with Gasteiger partial charge in [0.25, 0.3) is 5.91 Å². The molecule has 0 radical (unpaired) electrons. The Balaban J connectivity index is 1.84. The number of ketones is 1. The van der Waals surface area contributed by atoms with Crippen LogP contribution in [0, 0.1) is 17.2 Å². The maximum absolute atomic E-state index is 12.5. The van der Waals surface area contributed by atoms with Gasteiger partial charge in [0, 0.05) is 60.7 Å². The van der Waals surface area contributed by atoms with E-state index in [9.17, 15) is 9.59 Å². The van der Waals surface area contributed by atoms with E-state index in [0.717, 1.165) is 12.8 Å². The summed E-state index contributed by atoms with van der Waals surface area (Å²) in [6, 6.07) is 3.74. The first-order chi connectivity index (χ1) is 13.8. The highest BCUT2D eigenvalue weighted by Crippen LogP contribution is 2.28. The topological polar surface area (TPSA) is 114 Å². The predicted molar refractivity (Wildman–Crippen MR) is 97.3 cm³/mol. The molecule has 2 aromatic rings. The number of hydrogen-bond acceptors (Lipinski definition) is 6. The Labute approximate surface area is 155 Å². The first kappa shape index (κ1) is 14.3. The molecule has 136 valence electrons. The number of hydrogen-bond donors (Lipinski definition) is 3. The number of carbonyl (C=O) groups is 2. The molecular weight excluding hydrogens is 332 g/mol. The lowest BCUT2D eigenvalue weighted by atomic mass is 9.92. The number of carbonyl (C=O) groups excluding carboxylic acids is 2. The van der Waals surface area contributed by atoms with Gasteiger partial charge in [-0.1, -0.05) is 0 Å². The smallest absolute Gasteiger partial charge is 0.254 e. The van der Waals surface area contributed by atoms with Crippen LogP contribution in [0.25, 0.3) is 11.0 Å². The van der Waals surface area contributed by atoms with Gasteiger partial charge in [0.2, 0.25) is 0 Å². The summed E-state index contributed by atoms with van der Waals surface area (Å²) in [5.74, 6) is -0.894. The molecule has 0 unspecified atom stereocenters. The van der Waals surface area contributed by atoms with Crippen LogP contribution in [-0.4, -0.2) is 46.7 Å². The SMILES string of the molecule is [2H]C([2H])([2H])NC(=O)c1cnc2[nH]ccc2c1NN1CCC[C@H](C(=O)CCC#N)C1. The molecule has 26 heavy (non-hydrogen) atoms. The van der Waals surface area contributed by atoms with E-state index in [2.05, 4.69) is 15.4 Å². The minimum absolute atomic E-state index is 0.0555. The maximum atomic E-state index is 12.5. The van der Waals surface area contributed by atoms with Crippen LogP contribution in [0.4, 0.5) is 5.69 Å². The largest absolute Gasteiger partial charge is 0.355 e. The van der Waals surface area contributed by atoms with Crippen LogP contribution in [0.15, 0.2) is 18.5 Å². The van der Waals surface area contributed by atoms with E-state index in [-0.39, 0.29) is 30.1 Å². The Hall–Kier alpha value is -2.92. The van der Waals surface area contributed by atoms with Crippen LogP contribution in [0.3, 0.4) is 0 Å². The zero-order chi connectivity index (χ0) is 21.0. The number of H-pyrrole nitrogens is 1. The first-order valence-corrected chi connectivity index (χ1v) is 8.48. The van der Waals surface area contributed by atoms with Crippen molar-refractivity contribution in [1.82, 2.24) is 20.3 Å². The number of hydrazine groups is 1. The lowest BCUT2D eigenvalue weighted by molar-refractivity contribution is -0.124. The summed E-state index contributed by atoms with van der Waals surface area (Å²) in [5.41, 5.74) is 4.29. The van der Waals surface area contributed by atoms with Crippen molar-refractivity contribution in [3.8, 4) is 6.07 Å². The molecule has 0 spiro atoms. The molecule has 1 aliphatic rings. The van der Waals surface area contributed by atoms with Gasteiger partial charge in [-0.3, -0.25) is 9.59 Å². The third-order valence-corrected chi connectivity index (χ3v) is 4.57. The van der Waals surface area contributed by atoms with Crippen LogP contribution in [0.5, 0.6) is 0 Å². The minimum Gasteiger partial charge on any atom is -0.355 e. The molecule has 1 atom stereocenters. The van der Waals surface area contributed by atoms with Crippen molar-refractivity contribution in [2.45, 2.75) is 25.7 Å². The molecule has 0 aromatic carbocycles. The molecule has 0 aliphatic carbocycles. The van der Waals surface area contributed by atoms with E-state index in [0.29, 0.717) is 29.8 Å². The van der Waals surface area contributed by atoms with E-state index in [1.54, 1.807) is 12.3 Å². The number of nitrogens with one attached hydrogen (secondary N) is 3. The highest BCUT2D eigenvalue weighted by atomic mass is 16.1. The molecule has 1 aliphatic heterocycles. The van der Waals surface area contributed by atoms with Gasteiger partial charge in [0.15, 0.2) is 0 Å². The maximum Gasteiger partial charge on any atom is 0.254 e. The van der Waals surface area contributed by atoms with Gasteiger partial charge in [-0.25, -0.2) is 9.99 Å². The van der Waals surface area contributed by atoms with Crippen LogP contribution in [-0.2, 0) is 4.79 Å². The Morgan fingerprint density at radius 2 is 2.46 bits per heavy atom. The van der Waals surface area contributed by atoms with E-state index >= 15 is 0 Å². The molecule has 1 amide bonds. The number of amides is 1. The van der Waals surface area contributed by atoms with Crippen molar-refractivity contribution in [3.63, 3.8) is 0 Å². The van der Waals surface area contributed by atoms with Gasteiger partial charge in [-0.05, 0) is 18.9 Å². The number of nitrogens with zero attached hydrogens (tertiary/aromatic N) is 3. The molecule has 2 aromatic heterocycles. The summed E-state index contributed by atoms with van der Waals surface area (Å²) in [6.07, 6.45) is 4.98. The van der Waals surface area contributed by atoms with Crippen molar-refractivity contribution >= 4 is 28.4 Å². The molecule has 3 rings (SSSR count). The molecule has 3 heterocycles. The summed E-state index contributed by atoms with van der Waals surface area (Å²) in [6.45, 7) is -1.51. The number of rotatable bonds is 6. The van der Waals surface area contributed by atoms with Crippen molar-refractivity contribution in [3.05, 3.63) is 24.0 Å². The Morgan fingerprint density at radius 3 is 3.27 bits per heavy atom. The van der Waals surface area contributed by atoms with Crippen LogP contribution < -0.4 is 10.7 Å². The van der Waals surface area contributed by atoms with Gasteiger partial charge in [0.05, 0.1) is 17.3 Å². The van der Waals surface area contributed by atoms with Gasteiger partial charge in [-0.2, -0.15) is 5.26 Å². The van der Waals surface area contributed by atoms with Crippen molar-refractivity contribution in [2.75, 3.05) is 25.5 Å². The molecule has 8 nitrogen and oxygen atoms in total. The number of nitriles is 1. The normalized spacial score (nSPS) is 19.8. The van der Waals surface area contributed by atoms with E-state index < -0.39 is 12.9 Å². The van der Waals surface area contributed by atoms with Crippen molar-refractivity contribution < 1.29 is 13.7 Å². The second kappa shape index (κ2) is 7.97. The third-order valence-electron chi connectivity index (χ3n) is 4.57. The molecule has 3 N–H and O–H groups in total. The Morgan fingerprint density at radius 1 is 1.58 bits per heavy atom. The Kier molecular flexibility index (Phi) is 4.38. The van der Waals surface area contributed by atoms with Gasteiger partial charge < -0.3 is 15.7 Å². The average molecular weight is 357 g/mol. The Bertz CT molecular complexity index is 949. The summed E-state index contributed by atoms with van der Waals surface area (Å²) in [4.78, 5) is 32.0. The molecule has 1 fully saturated rings. The molecule has 8 heteroatoms. The lowest BCUT2D eigenvalue weighted by Gasteiger charge is -2.33.